The van der Waals surface area contributed by atoms with Crippen molar-refractivity contribution in [2.24, 2.45) is 0 Å². The van der Waals surface area contributed by atoms with Crippen molar-refractivity contribution in [1.29, 1.82) is 0 Å². The number of nitrogens with zero attached hydrogens (tertiary/aromatic N) is 4. The van der Waals surface area contributed by atoms with Gasteiger partial charge in [-0.1, -0.05) is 6.07 Å². The third-order valence-electron chi connectivity index (χ3n) is 4.57. The first kappa shape index (κ1) is 13.2. The molecular weight excluding hydrogens is 250 g/mol. The fourth-order valence-corrected chi connectivity index (χ4v) is 2.79. The Morgan fingerprint density at radius 3 is 2.45 bits per heavy atom. The minimum atomic E-state index is 0.806. The molecule has 20 heavy (non-hydrogen) atoms. The van der Waals surface area contributed by atoms with Crippen molar-refractivity contribution in [3.8, 4) is 0 Å². The van der Waals surface area contributed by atoms with E-state index in [1.54, 1.807) is 0 Å². The van der Waals surface area contributed by atoms with Crippen LogP contribution in [0.1, 0.15) is 11.3 Å². The Bertz CT molecular complexity index is 646. The molecule has 0 amide bonds. The van der Waals surface area contributed by atoms with Gasteiger partial charge in [0.15, 0.2) is 5.82 Å². The van der Waals surface area contributed by atoms with Crippen LogP contribution in [-0.2, 0) is 0 Å². The Hall–Kier alpha value is -1.75. The molecule has 0 radical (unpaired) electrons. The van der Waals surface area contributed by atoms with Crippen LogP contribution in [0.3, 0.4) is 0 Å². The van der Waals surface area contributed by atoms with Gasteiger partial charge in [-0.3, -0.25) is 0 Å². The molecule has 0 bridgehead atoms. The first-order chi connectivity index (χ1) is 9.39. The van der Waals surface area contributed by atoms with Gasteiger partial charge in [0.05, 0.1) is 45.8 Å². The number of nitrogens with two attached hydrogens (primary N) is 1. The molecule has 0 atom stereocenters. The standard InChI is InChI=1S/C15H24N5/c1-11-5-6-13-14(16)15(17-19(13)12(11)2)18-7-9-20(3,4)10-8-18/h5-6H,7-10,16H2,1-4H3/q+1. The molecule has 5 heteroatoms. The number of likely N-dealkylation sites (N-methyl/N-ethyl adjacent to an activating group) is 1. The van der Waals surface area contributed by atoms with Crippen molar-refractivity contribution >= 4 is 17.0 Å². The van der Waals surface area contributed by atoms with Gasteiger partial charge in [0.2, 0.25) is 0 Å². The highest BCUT2D eigenvalue weighted by Gasteiger charge is 2.27. The van der Waals surface area contributed by atoms with Crippen molar-refractivity contribution in [2.45, 2.75) is 13.8 Å². The summed E-state index contributed by atoms with van der Waals surface area (Å²) < 4.78 is 3.05. The second kappa shape index (κ2) is 4.38. The highest BCUT2D eigenvalue weighted by molar-refractivity contribution is 5.81. The summed E-state index contributed by atoms with van der Waals surface area (Å²) in [7, 11) is 4.55. The number of anilines is 2. The van der Waals surface area contributed by atoms with E-state index in [-0.39, 0.29) is 0 Å². The van der Waals surface area contributed by atoms with E-state index in [4.69, 9.17) is 10.8 Å². The zero-order valence-electron chi connectivity index (χ0n) is 12.8. The van der Waals surface area contributed by atoms with E-state index in [1.807, 2.05) is 4.52 Å². The maximum Gasteiger partial charge on any atom is 0.175 e. The van der Waals surface area contributed by atoms with Gasteiger partial charge < -0.3 is 15.1 Å². The number of fused-ring (bicyclic) bond motifs is 1. The van der Waals surface area contributed by atoms with E-state index in [9.17, 15) is 0 Å². The summed E-state index contributed by atoms with van der Waals surface area (Å²) in [5, 5.41) is 4.75. The smallest absolute Gasteiger partial charge is 0.175 e. The summed E-state index contributed by atoms with van der Waals surface area (Å²) in [6.45, 7) is 8.48. The van der Waals surface area contributed by atoms with Gasteiger partial charge in [0.1, 0.15) is 5.69 Å². The van der Waals surface area contributed by atoms with E-state index < -0.39 is 0 Å². The normalized spacial score (nSPS) is 18.7. The summed E-state index contributed by atoms with van der Waals surface area (Å²) in [6, 6.07) is 4.18. The van der Waals surface area contributed by atoms with Crippen LogP contribution in [0.2, 0.25) is 0 Å². The van der Waals surface area contributed by atoms with Crippen LogP contribution in [0.5, 0.6) is 0 Å². The van der Waals surface area contributed by atoms with Gasteiger partial charge in [-0.2, -0.15) is 0 Å². The van der Waals surface area contributed by atoms with E-state index in [0.717, 1.165) is 53.4 Å². The molecule has 2 aromatic rings. The van der Waals surface area contributed by atoms with E-state index in [1.165, 1.54) is 5.56 Å². The van der Waals surface area contributed by atoms with Gasteiger partial charge in [0, 0.05) is 5.69 Å². The molecule has 0 aliphatic carbocycles. The topological polar surface area (TPSA) is 46.6 Å². The quantitative estimate of drug-likeness (QED) is 0.800. The summed E-state index contributed by atoms with van der Waals surface area (Å²) in [5.74, 6) is 0.943. The Kier molecular flexibility index (Phi) is 2.90. The molecule has 2 N–H and O–H groups in total. The van der Waals surface area contributed by atoms with Crippen molar-refractivity contribution < 1.29 is 4.48 Å². The Morgan fingerprint density at radius 2 is 1.80 bits per heavy atom. The maximum atomic E-state index is 6.33. The van der Waals surface area contributed by atoms with Crippen LogP contribution < -0.4 is 10.6 Å². The Morgan fingerprint density at radius 1 is 1.15 bits per heavy atom. The molecule has 5 nitrogen and oxygen atoms in total. The molecule has 1 aliphatic heterocycles. The average molecular weight is 274 g/mol. The number of pyridine rings is 1. The van der Waals surface area contributed by atoms with Crippen LogP contribution in [0.25, 0.3) is 5.52 Å². The summed E-state index contributed by atoms with van der Waals surface area (Å²) in [5.41, 5.74) is 10.5. The van der Waals surface area contributed by atoms with E-state index >= 15 is 0 Å². The van der Waals surface area contributed by atoms with Crippen molar-refractivity contribution in [1.82, 2.24) is 9.61 Å². The SMILES string of the molecule is Cc1ccc2c(N)c(N3CC[N+](C)(C)CC3)nn2c1C. The number of nitrogen functional groups attached to an aromatic ring is 1. The minimum Gasteiger partial charge on any atom is -0.394 e. The minimum absolute atomic E-state index is 0.806. The monoisotopic (exact) mass is 274 g/mol. The molecule has 0 unspecified atom stereocenters. The third kappa shape index (κ3) is 2.02. The van der Waals surface area contributed by atoms with Gasteiger partial charge in [-0.15, -0.1) is 5.10 Å². The molecule has 0 saturated carbocycles. The molecule has 0 aromatic carbocycles. The zero-order valence-corrected chi connectivity index (χ0v) is 12.8. The number of aromatic nitrogens is 2. The molecule has 0 spiro atoms. The van der Waals surface area contributed by atoms with Crippen LogP contribution >= 0.6 is 0 Å². The largest absolute Gasteiger partial charge is 0.394 e. The van der Waals surface area contributed by atoms with Gasteiger partial charge in [-0.05, 0) is 25.5 Å². The lowest BCUT2D eigenvalue weighted by molar-refractivity contribution is -0.890. The second-order valence-electron chi connectivity index (χ2n) is 6.51. The van der Waals surface area contributed by atoms with Crippen molar-refractivity contribution in [2.75, 3.05) is 50.9 Å². The van der Waals surface area contributed by atoms with E-state index in [0.29, 0.717) is 0 Å². The summed E-state index contributed by atoms with van der Waals surface area (Å²) in [6.07, 6.45) is 0. The highest BCUT2D eigenvalue weighted by atomic mass is 15.4. The number of piperazine rings is 1. The lowest BCUT2D eigenvalue weighted by atomic mass is 10.2. The van der Waals surface area contributed by atoms with Crippen LogP contribution in [0.4, 0.5) is 11.5 Å². The van der Waals surface area contributed by atoms with Crippen LogP contribution in [-0.4, -0.2) is 54.4 Å². The van der Waals surface area contributed by atoms with Crippen molar-refractivity contribution in [3.05, 3.63) is 23.4 Å². The molecular formula is C15H24N5+. The van der Waals surface area contributed by atoms with Gasteiger partial charge >= 0.3 is 0 Å². The highest BCUT2D eigenvalue weighted by Crippen LogP contribution is 2.29. The number of hydrogen-bond donors (Lipinski definition) is 1. The summed E-state index contributed by atoms with van der Waals surface area (Å²) >= 11 is 0. The zero-order chi connectivity index (χ0) is 14.5. The molecule has 1 aliphatic rings. The lowest BCUT2D eigenvalue weighted by Crippen LogP contribution is -2.55. The van der Waals surface area contributed by atoms with Gasteiger partial charge in [0.25, 0.3) is 0 Å². The third-order valence-corrected chi connectivity index (χ3v) is 4.57. The second-order valence-corrected chi connectivity index (χ2v) is 6.51. The number of hydrogen-bond acceptors (Lipinski definition) is 3. The number of quaternary nitrogens is 1. The molecule has 3 rings (SSSR count). The predicted octanol–water partition coefficient (Wildman–Crippen LogP) is 1.43. The summed E-state index contributed by atoms with van der Waals surface area (Å²) in [4.78, 5) is 2.32. The fourth-order valence-electron chi connectivity index (χ4n) is 2.79. The fraction of sp³-hybridized carbons (Fsp3) is 0.533. The Labute approximate surface area is 120 Å². The Balaban J connectivity index is 2.01. The molecule has 3 heterocycles. The first-order valence-electron chi connectivity index (χ1n) is 7.20. The predicted molar refractivity (Wildman–Crippen MR) is 83.1 cm³/mol. The molecule has 2 aromatic heterocycles. The molecule has 1 saturated heterocycles. The molecule has 1 fully saturated rings. The maximum absolute atomic E-state index is 6.33. The number of aryl methyl sites for hydroxylation is 2. The van der Waals surface area contributed by atoms with Crippen LogP contribution in [0.15, 0.2) is 12.1 Å². The molecule has 108 valence electrons. The van der Waals surface area contributed by atoms with E-state index in [2.05, 4.69) is 45.0 Å². The lowest BCUT2D eigenvalue weighted by Gasteiger charge is -2.39. The first-order valence-corrected chi connectivity index (χ1v) is 7.20. The average Bonchev–Trinajstić information content (AvgIpc) is 2.72. The number of rotatable bonds is 1. The van der Waals surface area contributed by atoms with Crippen molar-refractivity contribution in [3.63, 3.8) is 0 Å². The van der Waals surface area contributed by atoms with Crippen LogP contribution in [0, 0.1) is 13.8 Å². The van der Waals surface area contributed by atoms with Gasteiger partial charge in [-0.25, -0.2) is 4.52 Å².